The second kappa shape index (κ2) is 8.27. The van der Waals surface area contributed by atoms with Crippen LogP contribution in [0.1, 0.15) is 38.5 Å². The highest BCUT2D eigenvalue weighted by atomic mass is 32.2. The van der Waals surface area contributed by atoms with E-state index in [4.69, 9.17) is 4.74 Å². The van der Waals surface area contributed by atoms with Crippen molar-refractivity contribution in [1.29, 1.82) is 0 Å². The van der Waals surface area contributed by atoms with Crippen molar-refractivity contribution < 1.29 is 22.7 Å². The Balaban J connectivity index is 1.47. The van der Waals surface area contributed by atoms with E-state index in [0.717, 1.165) is 16.5 Å². The first kappa shape index (κ1) is 21.3. The summed E-state index contributed by atoms with van der Waals surface area (Å²) in [5.41, 5.74) is 2.68. The van der Waals surface area contributed by atoms with Gasteiger partial charge in [-0.1, -0.05) is 6.07 Å². The summed E-state index contributed by atoms with van der Waals surface area (Å²) in [6, 6.07) is 8.00. The van der Waals surface area contributed by atoms with Gasteiger partial charge in [0.05, 0.1) is 17.0 Å². The molecule has 1 aromatic carbocycles. The number of benzene rings is 1. The molecule has 31 heavy (non-hydrogen) atoms. The van der Waals surface area contributed by atoms with Crippen LogP contribution in [0.25, 0.3) is 5.13 Å². The molecule has 0 unspecified atom stereocenters. The van der Waals surface area contributed by atoms with Gasteiger partial charge in [-0.3, -0.25) is 13.7 Å². The van der Waals surface area contributed by atoms with E-state index >= 15 is 0 Å². The highest BCUT2D eigenvalue weighted by molar-refractivity contribution is 7.93. The lowest BCUT2D eigenvalue weighted by molar-refractivity contribution is 0.0474. The zero-order chi connectivity index (χ0) is 22.2. The summed E-state index contributed by atoms with van der Waals surface area (Å²) in [4.78, 5) is 29.5. The lowest BCUT2D eigenvalue weighted by atomic mass is 10.1. The number of Topliss-reactive ketones (excluding diaryl/α,β-unsaturated/α-hetero) is 1. The number of thiazole rings is 1. The minimum Gasteiger partial charge on any atom is -0.454 e. The third kappa shape index (κ3) is 4.13. The summed E-state index contributed by atoms with van der Waals surface area (Å²) < 4.78 is 32.7. The van der Waals surface area contributed by atoms with Gasteiger partial charge in [0, 0.05) is 35.1 Å². The summed E-state index contributed by atoms with van der Waals surface area (Å²) in [5.74, 6) is -0.904. The van der Waals surface area contributed by atoms with Gasteiger partial charge in [-0.2, -0.15) is 0 Å². The topological polar surface area (TPSA) is 98.6 Å². The van der Waals surface area contributed by atoms with E-state index in [-0.39, 0.29) is 17.1 Å². The first-order valence-corrected chi connectivity index (χ1v) is 12.2. The number of ketones is 1. The largest absolute Gasteiger partial charge is 0.454 e. The molecule has 0 saturated carbocycles. The van der Waals surface area contributed by atoms with Crippen LogP contribution in [-0.2, 0) is 14.8 Å². The zero-order valence-corrected chi connectivity index (χ0v) is 18.7. The number of anilines is 1. The molecule has 0 amide bonds. The van der Waals surface area contributed by atoms with Crippen molar-refractivity contribution in [3.05, 3.63) is 64.4 Å². The van der Waals surface area contributed by atoms with E-state index in [0.29, 0.717) is 24.2 Å². The lowest BCUT2D eigenvalue weighted by Gasteiger charge is -2.17. The van der Waals surface area contributed by atoms with E-state index in [9.17, 15) is 18.0 Å². The number of sulfonamides is 1. The van der Waals surface area contributed by atoms with Crippen LogP contribution in [0.2, 0.25) is 0 Å². The number of ether oxygens (including phenoxy) is 1. The Bertz CT molecular complexity index is 1250. The summed E-state index contributed by atoms with van der Waals surface area (Å²) in [7, 11) is -3.35. The maximum absolute atomic E-state index is 12.7. The van der Waals surface area contributed by atoms with Gasteiger partial charge in [0.15, 0.2) is 11.7 Å². The molecule has 3 aromatic rings. The molecule has 1 fully saturated rings. The second-order valence-corrected chi connectivity index (χ2v) is 10.1. The zero-order valence-electron chi connectivity index (χ0n) is 17.1. The number of carbonyl (C=O) groups excluding carboxylic acids is 2. The van der Waals surface area contributed by atoms with Gasteiger partial charge in [0.2, 0.25) is 15.8 Å². The number of carbonyl (C=O) groups is 2. The quantitative estimate of drug-likeness (QED) is 0.415. The fourth-order valence-electron chi connectivity index (χ4n) is 3.68. The smallest absolute Gasteiger partial charge is 0.338 e. The Morgan fingerprint density at radius 1 is 1.23 bits per heavy atom. The molecule has 8 nitrogen and oxygen atoms in total. The Morgan fingerprint density at radius 2 is 2.03 bits per heavy atom. The molecule has 10 heteroatoms. The molecule has 0 aliphatic carbocycles. The van der Waals surface area contributed by atoms with E-state index in [1.165, 1.54) is 27.8 Å². The molecule has 162 valence electrons. The lowest BCUT2D eigenvalue weighted by Crippen LogP contribution is -2.25. The SMILES string of the molecule is Cc1cc(C(=O)COC(=O)c2cccc(N3CCCS3(=O)=O)c2)c(C)n1-c1nccs1. The number of nitrogens with zero attached hydrogens (tertiary/aromatic N) is 3. The molecular formula is C21H21N3O5S2. The van der Waals surface area contributed by atoms with E-state index in [1.807, 2.05) is 23.8 Å². The predicted octanol–water partition coefficient (Wildman–Crippen LogP) is 3.13. The fourth-order valence-corrected chi connectivity index (χ4v) is 5.98. The Labute approximate surface area is 184 Å². The molecule has 2 aromatic heterocycles. The van der Waals surface area contributed by atoms with Crippen molar-refractivity contribution in [3.8, 4) is 5.13 Å². The van der Waals surface area contributed by atoms with E-state index in [2.05, 4.69) is 4.98 Å². The Kier molecular flexibility index (Phi) is 5.67. The number of hydrogen-bond acceptors (Lipinski definition) is 7. The Hall–Kier alpha value is -2.98. The van der Waals surface area contributed by atoms with Crippen molar-refractivity contribution >= 4 is 38.8 Å². The maximum Gasteiger partial charge on any atom is 0.338 e. The van der Waals surface area contributed by atoms with Gasteiger partial charge in [-0.05, 0) is 44.5 Å². The van der Waals surface area contributed by atoms with Crippen LogP contribution >= 0.6 is 11.3 Å². The van der Waals surface area contributed by atoms with Gasteiger partial charge in [0.1, 0.15) is 0 Å². The highest BCUT2D eigenvalue weighted by Gasteiger charge is 2.29. The summed E-state index contributed by atoms with van der Waals surface area (Å²) in [5, 5.41) is 2.62. The maximum atomic E-state index is 12.7. The van der Waals surface area contributed by atoms with Gasteiger partial charge < -0.3 is 4.74 Å². The first-order valence-electron chi connectivity index (χ1n) is 9.67. The van der Waals surface area contributed by atoms with Crippen molar-refractivity contribution in [1.82, 2.24) is 9.55 Å². The molecule has 1 aliphatic rings. The molecule has 3 heterocycles. The molecular weight excluding hydrogens is 438 g/mol. The summed E-state index contributed by atoms with van der Waals surface area (Å²) >= 11 is 1.46. The van der Waals surface area contributed by atoms with Crippen LogP contribution in [0.3, 0.4) is 0 Å². The predicted molar refractivity (Wildman–Crippen MR) is 118 cm³/mol. The van der Waals surface area contributed by atoms with E-state index in [1.54, 1.807) is 24.4 Å². The van der Waals surface area contributed by atoms with Gasteiger partial charge >= 0.3 is 5.97 Å². The van der Waals surface area contributed by atoms with Gasteiger partial charge in [-0.15, -0.1) is 11.3 Å². The van der Waals surface area contributed by atoms with Crippen LogP contribution < -0.4 is 4.31 Å². The fraction of sp³-hybridized carbons (Fsp3) is 0.286. The third-order valence-electron chi connectivity index (χ3n) is 5.15. The number of hydrogen-bond donors (Lipinski definition) is 0. The van der Waals surface area contributed by atoms with Gasteiger partial charge in [0.25, 0.3) is 0 Å². The third-order valence-corrected chi connectivity index (χ3v) is 7.77. The van der Waals surface area contributed by atoms with Crippen molar-refractivity contribution in [2.75, 3.05) is 23.2 Å². The van der Waals surface area contributed by atoms with Crippen molar-refractivity contribution in [2.24, 2.45) is 0 Å². The Morgan fingerprint density at radius 3 is 2.71 bits per heavy atom. The summed E-state index contributed by atoms with van der Waals surface area (Å²) in [6.45, 7) is 3.68. The molecule has 0 atom stereocenters. The van der Waals surface area contributed by atoms with Crippen molar-refractivity contribution in [3.63, 3.8) is 0 Å². The van der Waals surface area contributed by atoms with Crippen LogP contribution in [-0.4, -0.2) is 48.6 Å². The average molecular weight is 460 g/mol. The first-order chi connectivity index (χ1) is 14.8. The minimum atomic E-state index is -3.35. The molecule has 1 saturated heterocycles. The average Bonchev–Trinajstić information content (AvgIpc) is 3.45. The molecule has 1 aliphatic heterocycles. The number of aromatic nitrogens is 2. The van der Waals surface area contributed by atoms with Crippen LogP contribution in [0.4, 0.5) is 5.69 Å². The normalized spacial score (nSPS) is 15.2. The number of esters is 1. The molecule has 0 bridgehead atoms. The van der Waals surface area contributed by atoms with Crippen molar-refractivity contribution in [2.45, 2.75) is 20.3 Å². The van der Waals surface area contributed by atoms with E-state index < -0.39 is 22.6 Å². The standard InChI is InChI=1S/C21H21N3O5S2/c1-14-11-18(15(2)24(14)21-22-7-9-30-21)19(25)13-29-20(26)16-5-3-6-17(12-16)23-8-4-10-31(23,27)28/h3,5-7,9,11-12H,4,8,10,13H2,1-2H3. The number of rotatable bonds is 6. The van der Waals surface area contributed by atoms with Gasteiger partial charge in [-0.25, -0.2) is 18.2 Å². The molecule has 0 spiro atoms. The minimum absolute atomic E-state index is 0.0928. The molecule has 4 rings (SSSR count). The number of aryl methyl sites for hydroxylation is 1. The monoisotopic (exact) mass is 459 g/mol. The van der Waals surface area contributed by atoms with Crippen LogP contribution in [0.5, 0.6) is 0 Å². The molecule has 0 radical (unpaired) electrons. The summed E-state index contributed by atoms with van der Waals surface area (Å²) in [6.07, 6.45) is 2.24. The molecule has 0 N–H and O–H groups in total. The second-order valence-electron chi connectivity index (χ2n) is 7.23. The van der Waals surface area contributed by atoms with Crippen LogP contribution in [0, 0.1) is 13.8 Å². The highest BCUT2D eigenvalue weighted by Crippen LogP contribution is 2.25. The van der Waals surface area contributed by atoms with Crippen LogP contribution in [0.15, 0.2) is 41.9 Å².